The topological polar surface area (TPSA) is 129 Å². The number of benzene rings is 1. The SMILES string of the molecule is CC(C)(C)OC(=O)N[C@H]1CC[C@@H](C(=O)NNC(=O)[C@@H]2CCC3CN2C(=O)N3OCc2ccccc2)C1. The van der Waals surface area contributed by atoms with Gasteiger partial charge in [-0.2, -0.15) is 5.06 Å². The molecule has 1 aromatic carbocycles. The summed E-state index contributed by atoms with van der Waals surface area (Å²) in [5.74, 6) is -1.08. The van der Waals surface area contributed by atoms with Gasteiger partial charge in [0.25, 0.3) is 5.91 Å². The van der Waals surface area contributed by atoms with Gasteiger partial charge in [0, 0.05) is 18.5 Å². The molecule has 1 aromatic rings. The molecule has 5 amide bonds. The fraction of sp³-hybridized carbons (Fsp3) is 0.600. The number of alkyl carbamates (subject to hydrolysis) is 1. The van der Waals surface area contributed by atoms with E-state index in [1.165, 1.54) is 9.96 Å². The Kier molecular flexibility index (Phi) is 7.67. The largest absolute Gasteiger partial charge is 0.444 e. The number of carbonyl (C=O) groups excluding carboxylic acids is 4. The lowest BCUT2D eigenvalue weighted by Gasteiger charge is -2.29. The van der Waals surface area contributed by atoms with Gasteiger partial charge in [0.15, 0.2) is 0 Å². The minimum Gasteiger partial charge on any atom is -0.444 e. The van der Waals surface area contributed by atoms with Crippen LogP contribution in [0.1, 0.15) is 58.4 Å². The van der Waals surface area contributed by atoms with E-state index in [0.29, 0.717) is 38.6 Å². The summed E-state index contributed by atoms with van der Waals surface area (Å²) in [6.07, 6.45) is 2.31. The molecule has 11 nitrogen and oxygen atoms in total. The third kappa shape index (κ3) is 6.26. The zero-order valence-corrected chi connectivity index (χ0v) is 21.0. The Labute approximate surface area is 210 Å². The van der Waals surface area contributed by atoms with E-state index in [1.807, 2.05) is 30.3 Å². The number of rotatable bonds is 6. The lowest BCUT2D eigenvalue weighted by Crippen LogP contribution is -2.54. The van der Waals surface area contributed by atoms with Gasteiger partial charge in [-0.15, -0.1) is 0 Å². The Hall–Kier alpha value is -3.34. The summed E-state index contributed by atoms with van der Waals surface area (Å²) in [7, 11) is 0. The van der Waals surface area contributed by atoms with Gasteiger partial charge in [-0.05, 0) is 58.4 Å². The zero-order chi connectivity index (χ0) is 25.9. The summed E-state index contributed by atoms with van der Waals surface area (Å²) < 4.78 is 5.27. The van der Waals surface area contributed by atoms with Crippen molar-refractivity contribution in [2.45, 2.75) is 83.2 Å². The van der Waals surface area contributed by atoms with Crippen molar-refractivity contribution in [2.24, 2.45) is 5.92 Å². The minimum atomic E-state index is -0.676. The molecular weight excluding hydrogens is 466 g/mol. The van der Waals surface area contributed by atoms with Gasteiger partial charge in [-0.1, -0.05) is 30.3 Å². The Bertz CT molecular complexity index is 981. The quantitative estimate of drug-likeness (QED) is 0.513. The van der Waals surface area contributed by atoms with Crippen LogP contribution in [-0.2, 0) is 25.8 Å². The molecule has 3 fully saturated rings. The second kappa shape index (κ2) is 10.7. The lowest BCUT2D eigenvalue weighted by atomic mass is 10.0. The Morgan fingerprint density at radius 2 is 1.72 bits per heavy atom. The normalized spacial score (nSPS) is 25.5. The Morgan fingerprint density at radius 3 is 2.44 bits per heavy atom. The summed E-state index contributed by atoms with van der Waals surface area (Å²) in [5, 5.41) is 4.17. The Balaban J connectivity index is 1.22. The third-order valence-electron chi connectivity index (χ3n) is 6.67. The summed E-state index contributed by atoms with van der Waals surface area (Å²) in [4.78, 5) is 57.6. The number of urea groups is 1. The molecule has 2 heterocycles. The highest BCUT2D eigenvalue weighted by Crippen LogP contribution is 2.31. The van der Waals surface area contributed by atoms with Crippen LogP contribution in [0.4, 0.5) is 9.59 Å². The first-order valence-corrected chi connectivity index (χ1v) is 12.5. The number of amides is 5. The van der Waals surface area contributed by atoms with Crippen LogP contribution in [-0.4, -0.2) is 64.2 Å². The molecule has 2 aliphatic heterocycles. The molecule has 196 valence electrons. The monoisotopic (exact) mass is 501 g/mol. The van der Waals surface area contributed by atoms with Gasteiger partial charge in [0.2, 0.25) is 5.91 Å². The first-order chi connectivity index (χ1) is 17.1. The molecule has 4 rings (SSSR count). The molecule has 0 aromatic heterocycles. The molecule has 2 saturated heterocycles. The van der Waals surface area contributed by atoms with E-state index in [1.54, 1.807) is 20.8 Å². The lowest BCUT2D eigenvalue weighted by molar-refractivity contribution is -0.140. The number of nitrogens with zero attached hydrogens (tertiary/aromatic N) is 2. The summed E-state index contributed by atoms with van der Waals surface area (Å²) in [5.41, 5.74) is 5.35. The van der Waals surface area contributed by atoms with E-state index in [4.69, 9.17) is 9.57 Å². The van der Waals surface area contributed by atoms with E-state index < -0.39 is 23.6 Å². The fourth-order valence-electron chi connectivity index (χ4n) is 4.92. The van der Waals surface area contributed by atoms with Gasteiger partial charge in [0.1, 0.15) is 18.2 Å². The molecule has 1 unspecified atom stereocenters. The van der Waals surface area contributed by atoms with Gasteiger partial charge < -0.3 is 15.0 Å². The van der Waals surface area contributed by atoms with Crippen LogP contribution in [0.15, 0.2) is 30.3 Å². The predicted molar refractivity (Wildman–Crippen MR) is 129 cm³/mol. The van der Waals surface area contributed by atoms with Crippen LogP contribution in [0.5, 0.6) is 0 Å². The highest BCUT2D eigenvalue weighted by Gasteiger charge is 2.48. The van der Waals surface area contributed by atoms with E-state index in [9.17, 15) is 19.2 Å². The number of nitrogens with one attached hydrogen (secondary N) is 3. The van der Waals surface area contributed by atoms with Crippen molar-refractivity contribution < 1.29 is 28.8 Å². The molecule has 3 aliphatic rings. The molecular formula is C25H35N5O6. The maximum Gasteiger partial charge on any atom is 0.407 e. The number of hydroxylamine groups is 2. The molecule has 1 aliphatic carbocycles. The number of piperidine rings is 1. The van der Waals surface area contributed by atoms with E-state index in [2.05, 4.69) is 16.2 Å². The average Bonchev–Trinajstić information content (AvgIpc) is 3.38. The van der Waals surface area contributed by atoms with Crippen LogP contribution in [0, 0.1) is 5.92 Å². The summed E-state index contributed by atoms with van der Waals surface area (Å²) in [6.45, 7) is 6.04. The molecule has 2 bridgehead atoms. The molecule has 11 heteroatoms. The van der Waals surface area contributed by atoms with Crippen molar-refractivity contribution in [3.8, 4) is 0 Å². The van der Waals surface area contributed by atoms with Gasteiger partial charge in [-0.25, -0.2) is 9.59 Å². The number of carbonyl (C=O) groups is 4. The standard InChI is InChI=1S/C25H35N5O6/c1-25(2,3)36-23(33)26-18-10-9-17(13-18)21(31)27-28-22(32)20-12-11-19-14-29(20)24(34)30(19)35-15-16-7-5-4-6-8-16/h4-8,17-20H,9-15H2,1-3H3,(H,26,33)(H,27,31)(H,28,32)/t17-,18+,19?,20+/m1/s1. The molecule has 36 heavy (non-hydrogen) atoms. The minimum absolute atomic E-state index is 0.104. The zero-order valence-electron chi connectivity index (χ0n) is 21.0. The van der Waals surface area contributed by atoms with Gasteiger partial charge >= 0.3 is 12.1 Å². The van der Waals surface area contributed by atoms with E-state index in [-0.39, 0.29) is 36.5 Å². The maximum atomic E-state index is 12.9. The van der Waals surface area contributed by atoms with Crippen LogP contribution in [0.25, 0.3) is 0 Å². The van der Waals surface area contributed by atoms with Crippen LogP contribution >= 0.6 is 0 Å². The van der Waals surface area contributed by atoms with Crippen molar-refractivity contribution in [1.29, 1.82) is 0 Å². The van der Waals surface area contributed by atoms with Crippen molar-refractivity contribution in [3.05, 3.63) is 35.9 Å². The first kappa shape index (κ1) is 25.7. The first-order valence-electron chi connectivity index (χ1n) is 12.5. The highest BCUT2D eigenvalue weighted by atomic mass is 16.7. The van der Waals surface area contributed by atoms with Gasteiger partial charge in [-0.3, -0.25) is 25.3 Å². The number of fused-ring (bicyclic) bond motifs is 2. The van der Waals surface area contributed by atoms with Crippen LogP contribution < -0.4 is 16.2 Å². The van der Waals surface area contributed by atoms with Gasteiger partial charge in [0.05, 0.1) is 6.04 Å². The van der Waals surface area contributed by atoms with Crippen molar-refractivity contribution >= 4 is 23.9 Å². The van der Waals surface area contributed by atoms with Crippen LogP contribution in [0.3, 0.4) is 0 Å². The predicted octanol–water partition coefficient (Wildman–Crippen LogP) is 2.23. The average molecular weight is 502 g/mol. The van der Waals surface area contributed by atoms with E-state index >= 15 is 0 Å². The summed E-state index contributed by atoms with van der Waals surface area (Å²) >= 11 is 0. The molecule has 0 spiro atoms. The molecule has 4 atom stereocenters. The Morgan fingerprint density at radius 1 is 1.00 bits per heavy atom. The number of ether oxygens (including phenoxy) is 1. The van der Waals surface area contributed by atoms with Crippen molar-refractivity contribution in [2.75, 3.05) is 6.54 Å². The number of hydrazine groups is 1. The molecule has 3 N–H and O–H groups in total. The fourth-order valence-corrected chi connectivity index (χ4v) is 4.92. The van der Waals surface area contributed by atoms with Crippen LogP contribution in [0.2, 0.25) is 0 Å². The second-order valence-corrected chi connectivity index (χ2v) is 10.6. The van der Waals surface area contributed by atoms with Crippen molar-refractivity contribution in [1.82, 2.24) is 26.1 Å². The number of hydrogen-bond donors (Lipinski definition) is 3. The maximum absolute atomic E-state index is 12.9. The smallest absolute Gasteiger partial charge is 0.407 e. The van der Waals surface area contributed by atoms with E-state index in [0.717, 1.165) is 5.56 Å². The second-order valence-electron chi connectivity index (χ2n) is 10.6. The third-order valence-corrected chi connectivity index (χ3v) is 6.67. The number of hydrogen-bond acceptors (Lipinski definition) is 6. The molecule has 0 radical (unpaired) electrons. The van der Waals surface area contributed by atoms with Crippen molar-refractivity contribution in [3.63, 3.8) is 0 Å². The molecule has 1 saturated carbocycles. The highest BCUT2D eigenvalue weighted by molar-refractivity contribution is 5.90. The summed E-state index contributed by atoms with van der Waals surface area (Å²) in [6, 6.07) is 8.29.